The van der Waals surface area contributed by atoms with Crippen LogP contribution in [0.5, 0.6) is 0 Å². The number of rotatable bonds is 2. The molecule has 1 nitrogen and oxygen atoms in total. The van der Waals surface area contributed by atoms with E-state index in [1.54, 1.807) is 5.57 Å². The van der Waals surface area contributed by atoms with Crippen LogP contribution < -0.4 is 0 Å². The van der Waals surface area contributed by atoms with Gasteiger partial charge in [0.2, 0.25) is 0 Å². The highest BCUT2D eigenvalue weighted by Gasteiger charge is 2.26. The van der Waals surface area contributed by atoms with Crippen molar-refractivity contribution in [2.45, 2.75) is 57.0 Å². The molecule has 2 atom stereocenters. The van der Waals surface area contributed by atoms with E-state index in [2.05, 4.69) is 13.0 Å². The molecule has 2 unspecified atom stereocenters. The molecule has 1 heterocycles. The van der Waals surface area contributed by atoms with Crippen LogP contribution in [0.1, 0.15) is 45.4 Å². The predicted molar refractivity (Wildman–Crippen MR) is 63.1 cm³/mol. The van der Waals surface area contributed by atoms with Gasteiger partial charge in [0.1, 0.15) is 0 Å². The summed E-state index contributed by atoms with van der Waals surface area (Å²) < 4.78 is 5.99. The minimum Gasteiger partial charge on any atom is -0.419 e. The van der Waals surface area contributed by atoms with Crippen LogP contribution >= 0.6 is 0 Å². The first-order valence-corrected chi connectivity index (χ1v) is 8.14. The maximum Gasteiger partial charge on any atom is 0.183 e. The van der Waals surface area contributed by atoms with Crippen molar-refractivity contribution in [3.05, 3.63) is 11.6 Å². The van der Waals surface area contributed by atoms with Gasteiger partial charge in [-0.1, -0.05) is 25.0 Å². The van der Waals surface area contributed by atoms with Gasteiger partial charge in [0.25, 0.3) is 0 Å². The van der Waals surface area contributed by atoms with Crippen LogP contribution in [0.4, 0.5) is 0 Å². The fourth-order valence-corrected chi connectivity index (χ4v) is 5.57. The van der Waals surface area contributed by atoms with Crippen LogP contribution in [-0.2, 0) is 4.43 Å². The summed E-state index contributed by atoms with van der Waals surface area (Å²) in [5.74, 6) is 0. The Hall–Kier alpha value is -0.0831. The van der Waals surface area contributed by atoms with Crippen molar-refractivity contribution in [2.75, 3.05) is 6.61 Å². The molecule has 0 aromatic heterocycles. The Labute approximate surface area is 89.3 Å². The third-order valence-corrected chi connectivity index (χ3v) is 6.87. The van der Waals surface area contributed by atoms with Gasteiger partial charge in [0.15, 0.2) is 9.04 Å². The van der Waals surface area contributed by atoms with E-state index in [4.69, 9.17) is 4.43 Å². The van der Waals surface area contributed by atoms with Crippen molar-refractivity contribution >= 4 is 9.04 Å². The Bertz CT molecular complexity index is 206. The summed E-state index contributed by atoms with van der Waals surface area (Å²) in [6.07, 6.45) is 10.7. The predicted octanol–water partition coefficient (Wildman–Crippen LogP) is 3.41. The van der Waals surface area contributed by atoms with Crippen molar-refractivity contribution in [3.63, 3.8) is 0 Å². The van der Waals surface area contributed by atoms with Crippen molar-refractivity contribution < 1.29 is 4.43 Å². The molecule has 0 aromatic carbocycles. The highest BCUT2D eigenvalue weighted by molar-refractivity contribution is 6.54. The third kappa shape index (κ3) is 2.48. The van der Waals surface area contributed by atoms with Gasteiger partial charge in [-0.05, 0) is 43.7 Å². The van der Waals surface area contributed by atoms with Gasteiger partial charge in [0.05, 0.1) is 0 Å². The summed E-state index contributed by atoms with van der Waals surface area (Å²) in [7, 11) is -0.862. The van der Waals surface area contributed by atoms with E-state index in [-0.39, 0.29) is 0 Å². The maximum atomic E-state index is 5.99. The Balaban J connectivity index is 1.91. The average molecular weight is 210 g/mol. The molecule has 0 N–H and O–H groups in total. The Morgan fingerprint density at radius 3 is 2.86 bits per heavy atom. The van der Waals surface area contributed by atoms with Crippen LogP contribution in [0.15, 0.2) is 11.6 Å². The van der Waals surface area contributed by atoms with Crippen LogP contribution in [0.2, 0.25) is 11.6 Å². The standard InChI is InChI=1S/C12H22OSi/c1-11(12-7-3-2-4-8-12)14-10-6-5-9-13-14/h7,11,14H,2-6,8-10H2,1H3. The highest BCUT2D eigenvalue weighted by atomic mass is 28.3. The molecular weight excluding hydrogens is 188 g/mol. The van der Waals surface area contributed by atoms with Gasteiger partial charge in [-0.25, -0.2) is 0 Å². The zero-order valence-corrected chi connectivity index (χ0v) is 10.5. The third-order valence-electron chi connectivity index (χ3n) is 3.68. The van der Waals surface area contributed by atoms with Crippen molar-refractivity contribution in [3.8, 4) is 0 Å². The second-order valence-electron chi connectivity index (χ2n) is 4.72. The van der Waals surface area contributed by atoms with E-state index in [9.17, 15) is 0 Å². The summed E-state index contributed by atoms with van der Waals surface area (Å²) in [6.45, 7) is 3.47. The first kappa shape index (κ1) is 10.4. The number of allylic oxidation sites excluding steroid dienone is 2. The molecule has 0 bridgehead atoms. The van der Waals surface area contributed by atoms with E-state index in [0.29, 0.717) is 0 Å². The lowest BCUT2D eigenvalue weighted by Gasteiger charge is -2.29. The Morgan fingerprint density at radius 2 is 2.21 bits per heavy atom. The first-order chi connectivity index (χ1) is 6.88. The molecule has 1 aliphatic heterocycles. The van der Waals surface area contributed by atoms with E-state index < -0.39 is 9.04 Å². The SMILES string of the molecule is CC(C1=CCCCC1)[SiH]1CCCCO1. The summed E-state index contributed by atoms with van der Waals surface area (Å²) >= 11 is 0. The zero-order chi connectivity index (χ0) is 9.80. The highest BCUT2D eigenvalue weighted by Crippen LogP contribution is 2.33. The second-order valence-corrected chi connectivity index (χ2v) is 7.71. The molecule has 2 aliphatic rings. The van der Waals surface area contributed by atoms with Gasteiger partial charge in [0, 0.05) is 6.61 Å². The van der Waals surface area contributed by atoms with Crippen LogP contribution in [-0.4, -0.2) is 15.6 Å². The average Bonchev–Trinajstić information content (AvgIpc) is 2.30. The van der Waals surface area contributed by atoms with E-state index in [0.717, 1.165) is 12.1 Å². The van der Waals surface area contributed by atoms with Gasteiger partial charge in [-0.15, -0.1) is 0 Å². The molecule has 0 spiro atoms. The Kier molecular flexibility index (Phi) is 3.82. The summed E-state index contributed by atoms with van der Waals surface area (Å²) in [5.41, 5.74) is 2.55. The van der Waals surface area contributed by atoms with Crippen molar-refractivity contribution in [1.82, 2.24) is 0 Å². The molecule has 0 amide bonds. The van der Waals surface area contributed by atoms with E-state index in [1.807, 2.05) is 0 Å². The number of hydrogen-bond donors (Lipinski definition) is 0. The quantitative estimate of drug-likeness (QED) is 0.501. The molecule has 14 heavy (non-hydrogen) atoms. The molecule has 1 fully saturated rings. The largest absolute Gasteiger partial charge is 0.419 e. The number of hydrogen-bond acceptors (Lipinski definition) is 1. The topological polar surface area (TPSA) is 9.23 Å². The zero-order valence-electron chi connectivity index (χ0n) is 9.30. The minimum absolute atomic E-state index is 0.815. The molecule has 2 heteroatoms. The summed E-state index contributed by atoms with van der Waals surface area (Å²) in [5, 5.41) is 0. The van der Waals surface area contributed by atoms with Gasteiger partial charge in [-0.2, -0.15) is 0 Å². The van der Waals surface area contributed by atoms with Crippen LogP contribution in [0.3, 0.4) is 0 Å². The smallest absolute Gasteiger partial charge is 0.183 e. The molecule has 1 aliphatic carbocycles. The van der Waals surface area contributed by atoms with E-state index >= 15 is 0 Å². The fraction of sp³-hybridized carbons (Fsp3) is 0.833. The lowest BCUT2D eigenvalue weighted by atomic mass is 9.97. The lowest BCUT2D eigenvalue weighted by molar-refractivity contribution is 0.282. The monoisotopic (exact) mass is 210 g/mol. The molecule has 1 saturated heterocycles. The van der Waals surface area contributed by atoms with Crippen molar-refractivity contribution in [1.29, 1.82) is 0 Å². The lowest BCUT2D eigenvalue weighted by Crippen LogP contribution is -2.28. The summed E-state index contributed by atoms with van der Waals surface area (Å²) in [6, 6.07) is 1.42. The minimum atomic E-state index is -0.862. The van der Waals surface area contributed by atoms with Crippen LogP contribution in [0, 0.1) is 0 Å². The first-order valence-electron chi connectivity index (χ1n) is 6.18. The van der Waals surface area contributed by atoms with Crippen LogP contribution in [0.25, 0.3) is 0 Å². The van der Waals surface area contributed by atoms with Gasteiger partial charge < -0.3 is 4.43 Å². The molecular formula is C12H22OSi. The molecule has 80 valence electrons. The molecule has 0 aromatic rings. The Morgan fingerprint density at radius 1 is 1.29 bits per heavy atom. The second kappa shape index (κ2) is 5.13. The van der Waals surface area contributed by atoms with Gasteiger partial charge in [-0.3, -0.25) is 0 Å². The molecule has 0 saturated carbocycles. The maximum absolute atomic E-state index is 5.99. The molecule has 0 radical (unpaired) electrons. The van der Waals surface area contributed by atoms with E-state index in [1.165, 1.54) is 44.6 Å². The summed E-state index contributed by atoms with van der Waals surface area (Å²) in [4.78, 5) is 0. The van der Waals surface area contributed by atoms with Crippen molar-refractivity contribution in [2.24, 2.45) is 0 Å². The fourth-order valence-electron chi connectivity index (χ4n) is 2.68. The molecule has 2 rings (SSSR count). The normalized spacial score (nSPS) is 30.9. The van der Waals surface area contributed by atoms with Gasteiger partial charge >= 0.3 is 0 Å².